The smallest absolute Gasteiger partial charge is 0.0366 e. The number of hydrogen-bond donors (Lipinski definition) is 0. The van der Waals surface area contributed by atoms with Crippen LogP contribution in [0.5, 0.6) is 0 Å². The van der Waals surface area contributed by atoms with Gasteiger partial charge < -0.3 is 4.90 Å². The van der Waals surface area contributed by atoms with Gasteiger partial charge in [-0.3, -0.25) is 0 Å². The summed E-state index contributed by atoms with van der Waals surface area (Å²) in [4.78, 5) is 5.00. The Balaban J connectivity index is 1.76. The maximum atomic E-state index is 2.39. The predicted molar refractivity (Wildman–Crippen MR) is 146 cm³/mol. The Bertz CT molecular complexity index is 1030. The second kappa shape index (κ2) is 11.9. The maximum absolute atomic E-state index is 2.39. The first-order valence-corrected chi connectivity index (χ1v) is 12.8. The average molecular weight is 444 g/mol. The van der Waals surface area contributed by atoms with Crippen LogP contribution in [-0.2, 0) is 6.42 Å². The molecule has 0 bridgehead atoms. The highest BCUT2D eigenvalue weighted by atomic mass is 32.1. The third kappa shape index (κ3) is 6.23. The lowest BCUT2D eigenvalue weighted by atomic mass is 9.99. The average Bonchev–Trinajstić information content (AvgIpc) is 3.27. The van der Waals surface area contributed by atoms with Crippen LogP contribution in [0.1, 0.15) is 73.9 Å². The van der Waals surface area contributed by atoms with E-state index in [1.165, 1.54) is 62.5 Å². The molecule has 0 spiro atoms. The lowest BCUT2D eigenvalue weighted by Crippen LogP contribution is -2.21. The lowest BCUT2D eigenvalue weighted by Gasteiger charge is -2.21. The van der Waals surface area contributed by atoms with Crippen LogP contribution in [0, 0.1) is 0 Å². The number of thiophene rings is 1. The van der Waals surface area contributed by atoms with E-state index < -0.39 is 0 Å². The van der Waals surface area contributed by atoms with Gasteiger partial charge in [-0.2, -0.15) is 0 Å². The number of rotatable bonds is 10. The molecule has 0 saturated carbocycles. The van der Waals surface area contributed by atoms with Gasteiger partial charge in [0.25, 0.3) is 0 Å². The van der Waals surface area contributed by atoms with Crippen molar-refractivity contribution in [1.29, 1.82) is 0 Å². The quantitative estimate of drug-likeness (QED) is 0.302. The molecule has 3 rings (SSSR count). The van der Waals surface area contributed by atoms with Crippen LogP contribution in [0.15, 0.2) is 66.2 Å². The number of anilines is 1. The molecular formula is C30H37NS. The Morgan fingerprint density at radius 3 is 2.09 bits per heavy atom. The van der Waals surface area contributed by atoms with Gasteiger partial charge in [-0.15, -0.1) is 11.3 Å². The van der Waals surface area contributed by atoms with Gasteiger partial charge >= 0.3 is 0 Å². The summed E-state index contributed by atoms with van der Waals surface area (Å²) in [6.45, 7) is 13.2. The SMILES string of the molecule is CCCCc1ccc(/C=C/c2ccc(C(=C(C)C)c3ccc(N(CC)CC)cc3)s2)cc1. The molecule has 0 amide bonds. The van der Waals surface area contributed by atoms with Crippen molar-refractivity contribution in [3.05, 3.63) is 92.7 Å². The van der Waals surface area contributed by atoms with Crippen molar-refractivity contribution in [2.45, 2.75) is 53.9 Å². The zero-order chi connectivity index (χ0) is 22.9. The van der Waals surface area contributed by atoms with Gasteiger partial charge in [0.15, 0.2) is 0 Å². The molecule has 3 aromatic rings. The summed E-state index contributed by atoms with van der Waals surface area (Å²) in [5.41, 5.74) is 7.97. The van der Waals surface area contributed by atoms with Crippen LogP contribution in [-0.4, -0.2) is 13.1 Å². The molecule has 32 heavy (non-hydrogen) atoms. The van der Waals surface area contributed by atoms with E-state index in [9.17, 15) is 0 Å². The molecule has 0 atom stereocenters. The van der Waals surface area contributed by atoms with Gasteiger partial charge in [-0.1, -0.05) is 61.4 Å². The first kappa shape index (κ1) is 24.1. The number of unbranched alkanes of at least 4 members (excludes halogenated alkanes) is 1. The summed E-state index contributed by atoms with van der Waals surface area (Å²) < 4.78 is 0. The van der Waals surface area contributed by atoms with E-state index in [4.69, 9.17) is 0 Å². The van der Waals surface area contributed by atoms with Crippen molar-refractivity contribution in [3.8, 4) is 0 Å². The van der Waals surface area contributed by atoms with Crippen LogP contribution in [0.25, 0.3) is 17.7 Å². The normalized spacial score (nSPS) is 11.2. The van der Waals surface area contributed by atoms with E-state index in [1.807, 2.05) is 11.3 Å². The minimum atomic E-state index is 1.04. The molecule has 0 radical (unpaired) electrons. The van der Waals surface area contributed by atoms with Gasteiger partial charge in [0.05, 0.1) is 0 Å². The van der Waals surface area contributed by atoms with E-state index in [-0.39, 0.29) is 0 Å². The van der Waals surface area contributed by atoms with E-state index in [1.54, 1.807) is 0 Å². The molecule has 2 heteroatoms. The number of benzene rings is 2. The summed E-state index contributed by atoms with van der Waals surface area (Å²) >= 11 is 1.86. The first-order valence-electron chi connectivity index (χ1n) is 12.0. The molecule has 168 valence electrons. The van der Waals surface area contributed by atoms with Crippen LogP contribution in [0.3, 0.4) is 0 Å². The third-order valence-corrected chi connectivity index (χ3v) is 6.96. The van der Waals surface area contributed by atoms with Gasteiger partial charge in [0.2, 0.25) is 0 Å². The lowest BCUT2D eigenvalue weighted by molar-refractivity contribution is 0.795. The second-order valence-corrected chi connectivity index (χ2v) is 9.59. The topological polar surface area (TPSA) is 3.24 Å². The summed E-state index contributed by atoms with van der Waals surface area (Å²) in [7, 11) is 0. The highest BCUT2D eigenvalue weighted by Gasteiger charge is 2.11. The molecule has 0 unspecified atom stereocenters. The van der Waals surface area contributed by atoms with Crippen LogP contribution < -0.4 is 4.90 Å². The Kier molecular flexibility index (Phi) is 8.93. The summed E-state index contributed by atoms with van der Waals surface area (Å²) in [5.74, 6) is 0. The largest absolute Gasteiger partial charge is 0.372 e. The highest BCUT2D eigenvalue weighted by Crippen LogP contribution is 2.33. The van der Waals surface area contributed by atoms with Crippen molar-refractivity contribution >= 4 is 34.7 Å². The van der Waals surface area contributed by atoms with Crippen molar-refractivity contribution in [3.63, 3.8) is 0 Å². The summed E-state index contributed by atoms with van der Waals surface area (Å²) in [6.07, 6.45) is 8.14. The van der Waals surface area contributed by atoms with Gasteiger partial charge in [0, 0.05) is 28.5 Å². The number of nitrogens with zero attached hydrogens (tertiary/aromatic N) is 1. The molecular weight excluding hydrogens is 406 g/mol. The van der Waals surface area contributed by atoms with Crippen LogP contribution >= 0.6 is 11.3 Å². The second-order valence-electron chi connectivity index (χ2n) is 8.47. The molecule has 0 aliphatic heterocycles. The monoisotopic (exact) mass is 443 g/mol. The molecule has 0 aliphatic carbocycles. The summed E-state index contributed by atoms with van der Waals surface area (Å²) in [6, 6.07) is 22.5. The number of hydrogen-bond acceptors (Lipinski definition) is 2. The molecule has 0 fully saturated rings. The van der Waals surface area contributed by atoms with Gasteiger partial charge in [-0.05, 0) is 93.1 Å². The van der Waals surface area contributed by atoms with Crippen molar-refractivity contribution in [2.24, 2.45) is 0 Å². The van der Waals surface area contributed by atoms with Gasteiger partial charge in [-0.25, -0.2) is 0 Å². The number of allylic oxidation sites excluding steroid dienone is 1. The van der Waals surface area contributed by atoms with Crippen molar-refractivity contribution in [1.82, 2.24) is 0 Å². The molecule has 0 saturated heterocycles. The van der Waals surface area contributed by atoms with E-state index >= 15 is 0 Å². The molecule has 0 N–H and O–H groups in total. The fourth-order valence-electron chi connectivity index (χ4n) is 4.04. The summed E-state index contributed by atoms with van der Waals surface area (Å²) in [5, 5.41) is 0. The fraction of sp³-hybridized carbons (Fsp3) is 0.333. The van der Waals surface area contributed by atoms with E-state index in [0.29, 0.717) is 0 Å². The van der Waals surface area contributed by atoms with Crippen LogP contribution in [0.4, 0.5) is 5.69 Å². The Hall–Kier alpha value is -2.58. The Morgan fingerprint density at radius 1 is 0.812 bits per heavy atom. The molecule has 1 nitrogen and oxygen atoms in total. The Morgan fingerprint density at radius 2 is 1.50 bits per heavy atom. The van der Waals surface area contributed by atoms with Gasteiger partial charge in [0.1, 0.15) is 0 Å². The first-order chi connectivity index (χ1) is 15.5. The predicted octanol–water partition coefficient (Wildman–Crippen LogP) is 8.95. The minimum Gasteiger partial charge on any atom is -0.372 e. The number of aryl methyl sites for hydroxylation is 1. The molecule has 1 aromatic heterocycles. The van der Waals surface area contributed by atoms with Crippen molar-refractivity contribution < 1.29 is 0 Å². The zero-order valence-corrected chi connectivity index (χ0v) is 21.1. The molecule has 1 heterocycles. The Labute approximate surface area is 199 Å². The van der Waals surface area contributed by atoms with E-state index in [2.05, 4.69) is 112 Å². The molecule has 2 aromatic carbocycles. The van der Waals surface area contributed by atoms with E-state index in [0.717, 1.165) is 13.1 Å². The van der Waals surface area contributed by atoms with Crippen LogP contribution in [0.2, 0.25) is 0 Å². The minimum absolute atomic E-state index is 1.04. The highest BCUT2D eigenvalue weighted by molar-refractivity contribution is 7.14. The molecule has 0 aliphatic rings. The van der Waals surface area contributed by atoms with Crippen molar-refractivity contribution in [2.75, 3.05) is 18.0 Å². The fourth-order valence-corrected chi connectivity index (χ4v) is 5.12. The third-order valence-electron chi connectivity index (χ3n) is 5.90. The zero-order valence-electron chi connectivity index (χ0n) is 20.3. The maximum Gasteiger partial charge on any atom is 0.0366 e. The standard InChI is InChI=1S/C30H37NS/c1-6-9-10-24-11-13-25(14-12-24)15-20-28-21-22-29(32-28)30(23(4)5)26-16-18-27(19-17-26)31(7-2)8-3/h11-22H,6-10H2,1-5H3/b20-15+.